The van der Waals surface area contributed by atoms with E-state index < -0.39 is 17.7 Å². The van der Waals surface area contributed by atoms with Crippen LogP contribution in [-0.2, 0) is 12.2 Å². The van der Waals surface area contributed by atoms with Crippen LogP contribution in [0.1, 0.15) is 22.9 Å². The SMILES string of the molecule is NC(Cc1cc(F)cc(F)c1)c1nc2ccn(SCc3ccccc3)c2cc1Br. The van der Waals surface area contributed by atoms with E-state index in [-0.39, 0.29) is 6.42 Å². The first kappa shape index (κ1) is 20.1. The lowest BCUT2D eigenvalue weighted by molar-refractivity contribution is 0.575. The highest BCUT2D eigenvalue weighted by molar-refractivity contribution is 9.10. The summed E-state index contributed by atoms with van der Waals surface area (Å²) < 4.78 is 29.8. The van der Waals surface area contributed by atoms with Gasteiger partial charge in [-0.1, -0.05) is 30.3 Å². The summed E-state index contributed by atoms with van der Waals surface area (Å²) in [7, 11) is 0. The van der Waals surface area contributed by atoms with Crippen molar-refractivity contribution in [3.05, 3.63) is 99.8 Å². The van der Waals surface area contributed by atoms with E-state index >= 15 is 0 Å². The minimum absolute atomic E-state index is 0.287. The second-order valence-electron chi connectivity index (χ2n) is 6.75. The van der Waals surface area contributed by atoms with E-state index in [1.165, 1.54) is 17.7 Å². The zero-order valence-corrected chi connectivity index (χ0v) is 17.8. The van der Waals surface area contributed by atoms with Gasteiger partial charge in [0, 0.05) is 22.5 Å². The zero-order chi connectivity index (χ0) is 20.4. The summed E-state index contributed by atoms with van der Waals surface area (Å²) in [4.78, 5) is 4.70. The molecule has 4 aromatic rings. The molecule has 0 aliphatic rings. The molecule has 0 fully saturated rings. The number of pyridine rings is 1. The summed E-state index contributed by atoms with van der Waals surface area (Å²) in [5.74, 6) is -0.376. The Labute approximate surface area is 180 Å². The average Bonchev–Trinajstić information content (AvgIpc) is 3.07. The number of aromatic nitrogens is 2. The molecule has 0 spiro atoms. The van der Waals surface area contributed by atoms with Gasteiger partial charge >= 0.3 is 0 Å². The van der Waals surface area contributed by atoms with Crippen molar-refractivity contribution in [1.29, 1.82) is 0 Å². The molecular formula is C22H18BrF2N3S. The summed E-state index contributed by atoms with van der Waals surface area (Å²) in [5.41, 5.74) is 10.5. The van der Waals surface area contributed by atoms with Crippen molar-refractivity contribution in [2.45, 2.75) is 18.2 Å². The fourth-order valence-corrected chi connectivity index (χ4v) is 4.71. The van der Waals surface area contributed by atoms with E-state index in [0.717, 1.165) is 27.3 Å². The zero-order valence-electron chi connectivity index (χ0n) is 15.4. The minimum Gasteiger partial charge on any atom is -0.322 e. The van der Waals surface area contributed by atoms with E-state index in [9.17, 15) is 8.78 Å². The van der Waals surface area contributed by atoms with Crippen LogP contribution in [0.5, 0.6) is 0 Å². The summed E-state index contributed by atoms with van der Waals surface area (Å²) in [6, 6.07) is 17.1. The quantitative estimate of drug-likeness (QED) is 0.372. The van der Waals surface area contributed by atoms with Crippen LogP contribution in [0.25, 0.3) is 11.0 Å². The maximum Gasteiger partial charge on any atom is 0.126 e. The van der Waals surface area contributed by atoms with E-state index in [4.69, 9.17) is 10.7 Å². The number of halogens is 3. The topological polar surface area (TPSA) is 43.8 Å². The molecule has 7 heteroatoms. The van der Waals surface area contributed by atoms with Gasteiger partial charge in [-0.25, -0.2) is 13.8 Å². The molecular weight excluding hydrogens is 456 g/mol. The second kappa shape index (κ2) is 8.65. The van der Waals surface area contributed by atoms with Crippen LogP contribution in [0.4, 0.5) is 8.78 Å². The molecule has 0 amide bonds. The molecule has 2 aromatic carbocycles. The Balaban J connectivity index is 1.56. The molecule has 3 nitrogen and oxygen atoms in total. The maximum atomic E-state index is 13.5. The van der Waals surface area contributed by atoms with Gasteiger partial charge < -0.3 is 5.73 Å². The minimum atomic E-state index is -0.609. The molecule has 0 aliphatic carbocycles. The molecule has 2 heterocycles. The Bertz CT molecular complexity index is 1130. The molecule has 0 saturated heterocycles. The van der Waals surface area contributed by atoms with Crippen molar-refractivity contribution in [1.82, 2.24) is 8.96 Å². The van der Waals surface area contributed by atoms with Crippen molar-refractivity contribution >= 4 is 38.9 Å². The monoisotopic (exact) mass is 473 g/mol. The van der Waals surface area contributed by atoms with Crippen LogP contribution in [0.2, 0.25) is 0 Å². The third-order valence-corrected chi connectivity index (χ3v) is 6.25. The fourth-order valence-electron chi connectivity index (χ4n) is 3.20. The van der Waals surface area contributed by atoms with Gasteiger partial charge in [0.15, 0.2) is 0 Å². The molecule has 148 valence electrons. The number of nitrogens with two attached hydrogens (primary N) is 1. The highest BCUT2D eigenvalue weighted by Gasteiger charge is 2.16. The van der Waals surface area contributed by atoms with Crippen LogP contribution in [0.3, 0.4) is 0 Å². The Morgan fingerprint density at radius 2 is 1.72 bits per heavy atom. The first-order valence-electron chi connectivity index (χ1n) is 9.05. The molecule has 4 rings (SSSR count). The number of hydrogen-bond acceptors (Lipinski definition) is 3. The van der Waals surface area contributed by atoms with Gasteiger partial charge in [-0.05, 0) is 69.7 Å². The molecule has 0 saturated carbocycles. The highest BCUT2D eigenvalue weighted by Crippen LogP contribution is 2.30. The van der Waals surface area contributed by atoms with Gasteiger partial charge in [-0.2, -0.15) is 0 Å². The Kier molecular flexibility index (Phi) is 5.99. The first-order valence-corrected chi connectivity index (χ1v) is 10.8. The van der Waals surface area contributed by atoms with Gasteiger partial charge in [-0.15, -0.1) is 0 Å². The van der Waals surface area contributed by atoms with Gasteiger partial charge in [0.25, 0.3) is 0 Å². The molecule has 0 aliphatic heterocycles. The van der Waals surface area contributed by atoms with Gasteiger partial charge in [0.2, 0.25) is 0 Å². The molecule has 1 unspecified atom stereocenters. The molecule has 2 aromatic heterocycles. The van der Waals surface area contributed by atoms with Crippen LogP contribution < -0.4 is 5.73 Å². The Hall–Kier alpha value is -2.22. The lowest BCUT2D eigenvalue weighted by atomic mass is 10.0. The number of nitrogens with zero attached hydrogens (tertiary/aromatic N) is 2. The third-order valence-electron chi connectivity index (χ3n) is 4.56. The van der Waals surface area contributed by atoms with Crippen LogP contribution >= 0.6 is 27.9 Å². The fraction of sp³-hybridized carbons (Fsp3) is 0.136. The second-order valence-corrected chi connectivity index (χ2v) is 8.54. The third kappa shape index (κ3) is 4.69. The first-order chi connectivity index (χ1) is 14.0. The highest BCUT2D eigenvalue weighted by atomic mass is 79.9. The molecule has 2 N–H and O–H groups in total. The lowest BCUT2D eigenvalue weighted by Gasteiger charge is -2.14. The largest absolute Gasteiger partial charge is 0.322 e. The van der Waals surface area contributed by atoms with E-state index in [2.05, 4.69) is 32.0 Å². The van der Waals surface area contributed by atoms with Crippen molar-refractivity contribution in [3.63, 3.8) is 0 Å². The molecule has 29 heavy (non-hydrogen) atoms. The number of hydrogen-bond donors (Lipinski definition) is 1. The normalized spacial score (nSPS) is 12.4. The lowest BCUT2D eigenvalue weighted by Crippen LogP contribution is -2.16. The van der Waals surface area contributed by atoms with Crippen LogP contribution in [0.15, 0.2) is 71.3 Å². The summed E-state index contributed by atoms with van der Waals surface area (Å²) in [6.45, 7) is 0. The smallest absolute Gasteiger partial charge is 0.126 e. The Morgan fingerprint density at radius 1 is 1.00 bits per heavy atom. The predicted molar refractivity (Wildman–Crippen MR) is 118 cm³/mol. The van der Waals surface area contributed by atoms with Crippen molar-refractivity contribution < 1.29 is 8.78 Å². The summed E-state index contributed by atoms with van der Waals surface area (Å²) in [6.07, 6.45) is 2.27. The predicted octanol–water partition coefficient (Wildman–Crippen LogP) is 6.02. The number of fused-ring (bicyclic) bond motifs is 1. The number of benzene rings is 2. The maximum absolute atomic E-state index is 13.5. The van der Waals surface area contributed by atoms with Crippen LogP contribution in [-0.4, -0.2) is 8.96 Å². The van der Waals surface area contributed by atoms with Crippen molar-refractivity contribution in [3.8, 4) is 0 Å². The molecule has 1 atom stereocenters. The molecule has 0 radical (unpaired) electrons. The van der Waals surface area contributed by atoms with Gasteiger partial charge in [0.1, 0.15) is 11.6 Å². The Morgan fingerprint density at radius 3 is 2.45 bits per heavy atom. The van der Waals surface area contributed by atoms with Gasteiger partial charge in [-0.3, -0.25) is 3.97 Å². The van der Waals surface area contributed by atoms with Crippen molar-refractivity contribution in [2.24, 2.45) is 5.73 Å². The summed E-state index contributed by atoms with van der Waals surface area (Å²) in [5, 5.41) is 0. The standard InChI is InChI=1S/C22H18BrF2N3S/c23-18-12-21-20(6-7-28(21)29-13-14-4-2-1-3-5-14)27-22(18)19(26)10-15-8-16(24)11-17(25)9-15/h1-9,11-12,19H,10,13,26H2. The van der Waals surface area contributed by atoms with E-state index in [1.54, 1.807) is 11.9 Å². The van der Waals surface area contributed by atoms with E-state index in [1.807, 2.05) is 36.5 Å². The summed E-state index contributed by atoms with van der Waals surface area (Å²) >= 11 is 5.24. The number of rotatable bonds is 6. The van der Waals surface area contributed by atoms with E-state index in [0.29, 0.717) is 11.3 Å². The van der Waals surface area contributed by atoms with Gasteiger partial charge in [0.05, 0.1) is 22.8 Å². The van der Waals surface area contributed by atoms with Crippen LogP contribution in [0, 0.1) is 11.6 Å². The molecule has 0 bridgehead atoms. The average molecular weight is 474 g/mol. The van der Waals surface area contributed by atoms with Crippen molar-refractivity contribution in [2.75, 3.05) is 0 Å².